The number of carboxylic acid groups (broad SMARTS) is 1. The predicted molar refractivity (Wildman–Crippen MR) is 80.7 cm³/mol. The summed E-state index contributed by atoms with van der Waals surface area (Å²) >= 11 is 3.50. The third kappa shape index (κ3) is 3.59. The van der Waals surface area contributed by atoms with Crippen molar-refractivity contribution >= 4 is 21.9 Å². The molecule has 0 aliphatic carbocycles. The van der Waals surface area contributed by atoms with Crippen molar-refractivity contribution in [2.45, 2.75) is 31.9 Å². The maximum Gasteiger partial charge on any atom is 0.329 e. The number of carboxylic acids is 1. The van der Waals surface area contributed by atoms with Gasteiger partial charge >= 0.3 is 5.97 Å². The Morgan fingerprint density at radius 2 is 2.25 bits per heavy atom. The smallest absolute Gasteiger partial charge is 0.329 e. The molecule has 2 rings (SSSR count). The number of likely N-dealkylation sites (tertiary alicyclic amines) is 1. The molecule has 0 amide bonds. The van der Waals surface area contributed by atoms with Crippen LogP contribution in [0.2, 0.25) is 0 Å². The first-order valence-electron chi connectivity index (χ1n) is 6.79. The molecular weight excluding hydrogens is 322 g/mol. The Kier molecular flexibility index (Phi) is 4.83. The predicted octanol–water partition coefficient (Wildman–Crippen LogP) is 3.08. The van der Waals surface area contributed by atoms with Gasteiger partial charge in [-0.15, -0.1) is 0 Å². The van der Waals surface area contributed by atoms with Crippen LogP contribution in [0.1, 0.15) is 31.9 Å². The van der Waals surface area contributed by atoms with Crippen LogP contribution in [-0.2, 0) is 9.53 Å². The highest BCUT2D eigenvalue weighted by molar-refractivity contribution is 9.10. The SMILES string of the molecule is CCC(c1cccc(Br)c1)N1CC(C)(OCC(=O)O)C1. The summed E-state index contributed by atoms with van der Waals surface area (Å²) in [4.78, 5) is 12.9. The van der Waals surface area contributed by atoms with Crippen molar-refractivity contribution in [1.29, 1.82) is 0 Å². The average Bonchev–Trinajstić information content (AvgIpc) is 2.35. The summed E-state index contributed by atoms with van der Waals surface area (Å²) in [7, 11) is 0. The second kappa shape index (κ2) is 6.24. The third-order valence-electron chi connectivity index (χ3n) is 3.68. The highest BCUT2D eigenvalue weighted by Crippen LogP contribution is 2.35. The van der Waals surface area contributed by atoms with Gasteiger partial charge in [-0.25, -0.2) is 4.79 Å². The van der Waals surface area contributed by atoms with Crippen LogP contribution in [0.15, 0.2) is 28.7 Å². The highest BCUT2D eigenvalue weighted by atomic mass is 79.9. The van der Waals surface area contributed by atoms with Gasteiger partial charge in [-0.2, -0.15) is 0 Å². The molecule has 20 heavy (non-hydrogen) atoms. The zero-order chi connectivity index (χ0) is 14.8. The van der Waals surface area contributed by atoms with Gasteiger partial charge in [-0.1, -0.05) is 35.0 Å². The molecule has 1 atom stereocenters. The topological polar surface area (TPSA) is 49.8 Å². The van der Waals surface area contributed by atoms with E-state index in [0.717, 1.165) is 24.0 Å². The van der Waals surface area contributed by atoms with Gasteiger partial charge in [0.25, 0.3) is 0 Å². The monoisotopic (exact) mass is 341 g/mol. The number of nitrogens with zero attached hydrogens (tertiary/aromatic N) is 1. The molecule has 1 saturated heterocycles. The highest BCUT2D eigenvalue weighted by Gasteiger charge is 2.43. The van der Waals surface area contributed by atoms with E-state index in [1.165, 1.54) is 5.56 Å². The van der Waals surface area contributed by atoms with E-state index in [0.29, 0.717) is 6.04 Å². The summed E-state index contributed by atoms with van der Waals surface area (Å²) < 4.78 is 6.54. The third-order valence-corrected chi connectivity index (χ3v) is 4.17. The zero-order valence-corrected chi connectivity index (χ0v) is 13.4. The van der Waals surface area contributed by atoms with Crippen molar-refractivity contribution in [1.82, 2.24) is 4.90 Å². The van der Waals surface area contributed by atoms with Gasteiger partial charge in [0.2, 0.25) is 0 Å². The molecule has 1 heterocycles. The first kappa shape index (κ1) is 15.5. The first-order valence-corrected chi connectivity index (χ1v) is 7.58. The Morgan fingerprint density at radius 1 is 1.55 bits per heavy atom. The van der Waals surface area contributed by atoms with E-state index in [1.54, 1.807) is 0 Å². The largest absolute Gasteiger partial charge is 0.480 e. The molecule has 0 spiro atoms. The molecule has 1 aliphatic heterocycles. The molecule has 0 saturated carbocycles. The lowest BCUT2D eigenvalue weighted by Crippen LogP contribution is -2.62. The molecule has 1 unspecified atom stereocenters. The second-order valence-corrected chi connectivity index (χ2v) is 6.43. The van der Waals surface area contributed by atoms with Crippen LogP contribution in [0.25, 0.3) is 0 Å². The van der Waals surface area contributed by atoms with E-state index in [4.69, 9.17) is 9.84 Å². The van der Waals surface area contributed by atoms with Crippen molar-refractivity contribution in [2.75, 3.05) is 19.7 Å². The van der Waals surface area contributed by atoms with Crippen molar-refractivity contribution in [2.24, 2.45) is 0 Å². The number of ether oxygens (including phenoxy) is 1. The van der Waals surface area contributed by atoms with Crippen LogP contribution in [0.3, 0.4) is 0 Å². The van der Waals surface area contributed by atoms with E-state index >= 15 is 0 Å². The van der Waals surface area contributed by atoms with E-state index in [2.05, 4.69) is 39.9 Å². The fraction of sp³-hybridized carbons (Fsp3) is 0.533. The van der Waals surface area contributed by atoms with Crippen molar-refractivity contribution in [3.63, 3.8) is 0 Å². The lowest BCUT2D eigenvalue weighted by molar-refractivity contribution is -0.170. The average molecular weight is 342 g/mol. The van der Waals surface area contributed by atoms with Crippen LogP contribution in [0.5, 0.6) is 0 Å². The minimum atomic E-state index is -0.913. The summed E-state index contributed by atoms with van der Waals surface area (Å²) in [5.41, 5.74) is 0.944. The Bertz CT molecular complexity index is 486. The molecule has 0 radical (unpaired) electrons. The molecule has 4 nitrogen and oxygen atoms in total. The Morgan fingerprint density at radius 3 is 2.80 bits per heavy atom. The number of carbonyl (C=O) groups is 1. The molecule has 0 bridgehead atoms. The van der Waals surface area contributed by atoms with Gasteiger partial charge in [0.05, 0.1) is 5.60 Å². The van der Waals surface area contributed by atoms with Crippen LogP contribution < -0.4 is 0 Å². The maximum atomic E-state index is 10.6. The number of halogens is 1. The standard InChI is InChI=1S/C15H20BrNO3/c1-3-13(11-5-4-6-12(16)7-11)17-9-15(2,10-17)20-8-14(18)19/h4-7,13H,3,8-10H2,1-2H3,(H,18,19). The summed E-state index contributed by atoms with van der Waals surface area (Å²) in [6.07, 6.45) is 1.02. The summed E-state index contributed by atoms with van der Waals surface area (Å²) in [6, 6.07) is 8.69. The normalized spacial score (nSPS) is 19.4. The molecule has 110 valence electrons. The molecule has 0 aromatic heterocycles. The van der Waals surface area contributed by atoms with Gasteiger partial charge in [0, 0.05) is 23.6 Å². The molecule has 5 heteroatoms. The van der Waals surface area contributed by atoms with Gasteiger partial charge < -0.3 is 9.84 Å². The van der Waals surface area contributed by atoms with Crippen LogP contribution in [-0.4, -0.2) is 41.3 Å². The fourth-order valence-corrected chi connectivity index (χ4v) is 3.20. The first-order chi connectivity index (χ1) is 9.43. The Hall–Kier alpha value is -0.910. The second-order valence-electron chi connectivity index (χ2n) is 5.52. The van der Waals surface area contributed by atoms with Crippen molar-refractivity contribution < 1.29 is 14.6 Å². The lowest BCUT2D eigenvalue weighted by Gasteiger charge is -2.51. The van der Waals surface area contributed by atoms with Crippen LogP contribution in [0, 0.1) is 0 Å². The lowest BCUT2D eigenvalue weighted by atomic mass is 9.90. The molecule has 1 aromatic carbocycles. The summed E-state index contributed by atoms with van der Waals surface area (Å²) in [6.45, 7) is 5.45. The molecule has 1 fully saturated rings. The molecule has 1 N–H and O–H groups in total. The Balaban J connectivity index is 1.97. The number of hydrogen-bond donors (Lipinski definition) is 1. The van der Waals surface area contributed by atoms with Gasteiger partial charge in [0.15, 0.2) is 0 Å². The zero-order valence-electron chi connectivity index (χ0n) is 11.8. The minimum absolute atomic E-state index is 0.224. The number of rotatable bonds is 6. The number of hydrogen-bond acceptors (Lipinski definition) is 3. The van der Waals surface area contributed by atoms with Crippen molar-refractivity contribution in [3.05, 3.63) is 34.3 Å². The van der Waals surface area contributed by atoms with Crippen molar-refractivity contribution in [3.8, 4) is 0 Å². The number of benzene rings is 1. The number of aliphatic carboxylic acids is 1. The van der Waals surface area contributed by atoms with Crippen LogP contribution in [0.4, 0.5) is 0 Å². The van der Waals surface area contributed by atoms with Crippen LogP contribution >= 0.6 is 15.9 Å². The van der Waals surface area contributed by atoms with E-state index < -0.39 is 5.97 Å². The quantitative estimate of drug-likeness (QED) is 0.863. The molecule has 1 aromatic rings. The molecule has 1 aliphatic rings. The van der Waals surface area contributed by atoms with E-state index in [-0.39, 0.29) is 12.2 Å². The summed E-state index contributed by atoms with van der Waals surface area (Å²) in [5.74, 6) is -0.913. The fourth-order valence-electron chi connectivity index (χ4n) is 2.78. The van der Waals surface area contributed by atoms with E-state index in [1.807, 2.05) is 19.1 Å². The molecular formula is C15H20BrNO3. The maximum absolute atomic E-state index is 10.6. The Labute approximate surface area is 127 Å². The summed E-state index contributed by atoms with van der Waals surface area (Å²) in [5, 5.41) is 8.68. The van der Waals surface area contributed by atoms with Gasteiger partial charge in [0.1, 0.15) is 6.61 Å². The minimum Gasteiger partial charge on any atom is -0.480 e. The van der Waals surface area contributed by atoms with Gasteiger partial charge in [-0.3, -0.25) is 4.90 Å². The van der Waals surface area contributed by atoms with E-state index in [9.17, 15) is 4.79 Å². The van der Waals surface area contributed by atoms with Gasteiger partial charge in [-0.05, 0) is 31.0 Å².